The maximum Gasteiger partial charge on any atom is 0.295 e. The highest BCUT2D eigenvalue weighted by Gasteiger charge is 2.45. The van der Waals surface area contributed by atoms with Crippen LogP contribution in [-0.2, 0) is 9.59 Å². The van der Waals surface area contributed by atoms with Crippen LogP contribution < -0.4 is 0 Å². The van der Waals surface area contributed by atoms with Gasteiger partial charge in [-0.3, -0.25) is 9.59 Å². The smallest absolute Gasteiger partial charge is 0.295 e. The first-order valence-corrected chi connectivity index (χ1v) is 10.3. The molecule has 1 atom stereocenters. The van der Waals surface area contributed by atoms with Gasteiger partial charge in [-0.05, 0) is 70.2 Å². The summed E-state index contributed by atoms with van der Waals surface area (Å²) in [7, 11) is 3.93. The Hall–Kier alpha value is -2.63. The first-order chi connectivity index (χ1) is 14.2. The number of carbonyl (C=O) groups is 2. The van der Waals surface area contributed by atoms with E-state index in [9.17, 15) is 14.7 Å². The quantitative estimate of drug-likeness (QED) is 0.424. The van der Waals surface area contributed by atoms with Gasteiger partial charge in [0, 0.05) is 17.1 Å². The normalized spacial score (nSPS) is 18.5. The van der Waals surface area contributed by atoms with Crippen LogP contribution in [-0.4, -0.2) is 53.8 Å². The SMILES string of the molecule is Cc1ccc(C)c(C(O)=C2C(=O)C(=O)N(CCCN(C)C)C2c2ccc(Cl)cc2)c1. The maximum absolute atomic E-state index is 13.0. The molecule has 0 aromatic heterocycles. The molecule has 0 bridgehead atoms. The summed E-state index contributed by atoms with van der Waals surface area (Å²) in [4.78, 5) is 29.5. The topological polar surface area (TPSA) is 60.9 Å². The van der Waals surface area contributed by atoms with Crippen molar-refractivity contribution >= 4 is 29.1 Å². The van der Waals surface area contributed by atoms with Gasteiger partial charge in [0.1, 0.15) is 5.76 Å². The predicted molar refractivity (Wildman–Crippen MR) is 120 cm³/mol. The number of amides is 1. The number of likely N-dealkylation sites (tertiary alicyclic amines) is 1. The zero-order valence-corrected chi connectivity index (χ0v) is 18.5. The third kappa shape index (κ3) is 4.42. The molecule has 2 aromatic rings. The summed E-state index contributed by atoms with van der Waals surface area (Å²) >= 11 is 6.05. The van der Waals surface area contributed by atoms with E-state index in [4.69, 9.17) is 11.6 Å². The first-order valence-electron chi connectivity index (χ1n) is 9.97. The second-order valence-electron chi connectivity index (χ2n) is 8.02. The fraction of sp³-hybridized carbons (Fsp3) is 0.333. The number of aliphatic hydroxyl groups excluding tert-OH is 1. The molecule has 2 aromatic carbocycles. The van der Waals surface area contributed by atoms with Crippen molar-refractivity contribution in [3.8, 4) is 0 Å². The van der Waals surface area contributed by atoms with Crippen LogP contribution in [0.4, 0.5) is 0 Å². The molecular formula is C24H27ClN2O3. The Morgan fingerprint density at radius 2 is 1.77 bits per heavy atom. The number of Topliss-reactive ketones (excluding diaryl/α,β-unsaturated/α-hetero) is 1. The van der Waals surface area contributed by atoms with E-state index in [0.717, 1.165) is 23.2 Å². The molecule has 5 nitrogen and oxygen atoms in total. The van der Waals surface area contributed by atoms with Crippen molar-refractivity contribution in [3.63, 3.8) is 0 Å². The highest BCUT2D eigenvalue weighted by molar-refractivity contribution is 6.46. The zero-order chi connectivity index (χ0) is 22.0. The highest BCUT2D eigenvalue weighted by Crippen LogP contribution is 2.40. The molecule has 3 rings (SSSR count). The molecule has 30 heavy (non-hydrogen) atoms. The second-order valence-corrected chi connectivity index (χ2v) is 8.46. The summed E-state index contributed by atoms with van der Waals surface area (Å²) in [6.07, 6.45) is 0.716. The Morgan fingerprint density at radius 1 is 1.10 bits per heavy atom. The molecule has 1 heterocycles. The molecule has 158 valence electrons. The van der Waals surface area contributed by atoms with Crippen LogP contribution in [0.1, 0.15) is 34.7 Å². The number of aryl methyl sites for hydroxylation is 2. The van der Waals surface area contributed by atoms with Gasteiger partial charge in [-0.15, -0.1) is 0 Å². The summed E-state index contributed by atoms with van der Waals surface area (Å²) in [5.41, 5.74) is 3.24. The summed E-state index contributed by atoms with van der Waals surface area (Å²) in [6, 6.07) is 12.1. The molecule has 1 amide bonds. The van der Waals surface area contributed by atoms with Gasteiger partial charge >= 0.3 is 0 Å². The average molecular weight is 427 g/mol. The molecule has 0 spiro atoms. The van der Waals surface area contributed by atoms with E-state index in [1.807, 2.05) is 51.0 Å². The summed E-state index contributed by atoms with van der Waals surface area (Å²) < 4.78 is 0. The van der Waals surface area contributed by atoms with Crippen LogP contribution in [0, 0.1) is 13.8 Å². The molecule has 1 unspecified atom stereocenters. The van der Waals surface area contributed by atoms with Crippen molar-refractivity contribution in [1.29, 1.82) is 0 Å². The van der Waals surface area contributed by atoms with E-state index in [0.29, 0.717) is 23.6 Å². The van der Waals surface area contributed by atoms with Gasteiger partial charge in [0.2, 0.25) is 0 Å². The van der Waals surface area contributed by atoms with Crippen molar-refractivity contribution in [2.24, 2.45) is 0 Å². The molecule has 1 fully saturated rings. The van der Waals surface area contributed by atoms with Gasteiger partial charge < -0.3 is 14.9 Å². The average Bonchev–Trinajstić information content (AvgIpc) is 2.94. The van der Waals surface area contributed by atoms with Gasteiger partial charge in [-0.1, -0.05) is 41.4 Å². The third-order valence-corrected chi connectivity index (χ3v) is 5.63. The molecule has 6 heteroatoms. The lowest BCUT2D eigenvalue weighted by Gasteiger charge is -2.26. The van der Waals surface area contributed by atoms with Gasteiger partial charge in [0.25, 0.3) is 11.7 Å². The summed E-state index contributed by atoms with van der Waals surface area (Å²) in [5.74, 6) is -1.37. The van der Waals surface area contributed by atoms with Crippen LogP contribution in [0.3, 0.4) is 0 Å². The minimum atomic E-state index is -0.654. The predicted octanol–water partition coefficient (Wildman–Crippen LogP) is 4.33. The van der Waals surface area contributed by atoms with Crippen LogP contribution in [0.15, 0.2) is 48.0 Å². The maximum atomic E-state index is 13.0. The number of hydrogen-bond acceptors (Lipinski definition) is 4. The largest absolute Gasteiger partial charge is 0.507 e. The lowest BCUT2D eigenvalue weighted by molar-refractivity contribution is -0.139. The number of carbonyl (C=O) groups excluding carboxylic acids is 2. The third-order valence-electron chi connectivity index (χ3n) is 5.38. The van der Waals surface area contributed by atoms with Crippen LogP contribution in [0.25, 0.3) is 5.76 Å². The van der Waals surface area contributed by atoms with E-state index in [2.05, 4.69) is 0 Å². The molecular weight excluding hydrogens is 400 g/mol. The number of benzene rings is 2. The van der Waals surface area contributed by atoms with Crippen LogP contribution >= 0.6 is 11.6 Å². The Morgan fingerprint density at radius 3 is 2.40 bits per heavy atom. The number of hydrogen-bond donors (Lipinski definition) is 1. The molecule has 1 N–H and O–H groups in total. The molecule has 1 aliphatic rings. The van der Waals surface area contributed by atoms with Crippen molar-refractivity contribution in [2.75, 3.05) is 27.2 Å². The summed E-state index contributed by atoms with van der Waals surface area (Å²) in [6.45, 7) is 5.00. The van der Waals surface area contributed by atoms with Gasteiger partial charge in [-0.25, -0.2) is 0 Å². The highest BCUT2D eigenvalue weighted by atomic mass is 35.5. The van der Waals surface area contributed by atoms with Crippen molar-refractivity contribution in [2.45, 2.75) is 26.3 Å². The summed E-state index contributed by atoms with van der Waals surface area (Å²) in [5, 5.41) is 11.7. The van der Waals surface area contributed by atoms with E-state index in [-0.39, 0.29) is 11.3 Å². The number of rotatable bonds is 6. The minimum absolute atomic E-state index is 0.126. The Labute approximate surface area is 182 Å². The zero-order valence-electron chi connectivity index (χ0n) is 17.8. The fourth-order valence-electron chi connectivity index (χ4n) is 3.80. The number of aliphatic hydroxyl groups is 1. The first kappa shape index (κ1) is 22.1. The fourth-order valence-corrected chi connectivity index (χ4v) is 3.92. The van der Waals surface area contributed by atoms with Crippen LogP contribution in [0.5, 0.6) is 0 Å². The Kier molecular flexibility index (Phi) is 6.64. The van der Waals surface area contributed by atoms with Gasteiger partial charge in [0.05, 0.1) is 11.6 Å². The van der Waals surface area contributed by atoms with Crippen molar-refractivity contribution in [3.05, 3.63) is 75.3 Å². The van der Waals surface area contributed by atoms with E-state index >= 15 is 0 Å². The molecule has 0 saturated carbocycles. The lowest BCUT2D eigenvalue weighted by Crippen LogP contribution is -2.32. The van der Waals surface area contributed by atoms with Gasteiger partial charge in [-0.2, -0.15) is 0 Å². The second kappa shape index (κ2) is 9.02. The van der Waals surface area contributed by atoms with Gasteiger partial charge in [0.15, 0.2) is 0 Å². The van der Waals surface area contributed by atoms with Crippen LogP contribution in [0.2, 0.25) is 5.02 Å². The standard InChI is InChI=1S/C24H27ClN2O3/c1-15-6-7-16(2)19(14-15)22(28)20-21(17-8-10-18(25)11-9-17)27(24(30)23(20)29)13-5-12-26(3)4/h6-11,14,21,28H,5,12-13H2,1-4H3. The van der Waals surface area contributed by atoms with E-state index < -0.39 is 17.7 Å². The van der Waals surface area contributed by atoms with Crippen molar-refractivity contribution in [1.82, 2.24) is 9.80 Å². The Bertz CT molecular complexity index is 996. The van der Waals surface area contributed by atoms with E-state index in [1.165, 1.54) is 0 Å². The monoisotopic (exact) mass is 426 g/mol. The minimum Gasteiger partial charge on any atom is -0.507 e. The Balaban J connectivity index is 2.13. The van der Waals surface area contributed by atoms with E-state index in [1.54, 1.807) is 29.2 Å². The van der Waals surface area contributed by atoms with Crippen molar-refractivity contribution < 1.29 is 14.7 Å². The molecule has 0 aliphatic carbocycles. The molecule has 1 aliphatic heterocycles. The number of halogens is 1. The number of nitrogens with zero attached hydrogens (tertiary/aromatic N) is 2. The molecule has 0 radical (unpaired) electrons. The molecule has 1 saturated heterocycles. The number of ketones is 1. The lowest BCUT2D eigenvalue weighted by atomic mass is 9.93.